The second kappa shape index (κ2) is 10.3. The first-order valence-electron chi connectivity index (χ1n) is 7.60. The Kier molecular flexibility index (Phi) is 9.30. The first-order valence-corrected chi connectivity index (χ1v) is 13.5. The zero-order chi connectivity index (χ0) is 23.0. The van der Waals surface area contributed by atoms with Gasteiger partial charge in [-0.05, 0) is 90.4 Å². The van der Waals surface area contributed by atoms with E-state index >= 15 is 0 Å². The summed E-state index contributed by atoms with van der Waals surface area (Å²) in [7, 11) is -5.05. The van der Waals surface area contributed by atoms with Crippen LogP contribution in [0.4, 0.5) is 13.2 Å². The number of amides is 1. The largest absolute Gasteiger partial charge is 0.459 e. The SMILES string of the molecule is O=C(NC(CS(=O)(=O)O)C(F)(F)F)c1c(I)c(I)c(I)c(I)c1C(=O)OCC1CO1. The van der Waals surface area contributed by atoms with Crippen molar-refractivity contribution in [3.63, 3.8) is 0 Å². The second-order valence-electron chi connectivity index (χ2n) is 5.88. The molecule has 1 heterocycles. The van der Waals surface area contributed by atoms with E-state index < -0.39 is 40.0 Å². The average Bonchev–Trinajstić information content (AvgIpc) is 3.42. The first kappa shape index (κ1) is 27.0. The van der Waals surface area contributed by atoms with Crippen LogP contribution in [0.25, 0.3) is 0 Å². The van der Waals surface area contributed by atoms with Gasteiger partial charge in [-0.3, -0.25) is 9.35 Å². The molecular formula is C14H10F3I4NO7S. The highest BCUT2D eigenvalue weighted by atomic mass is 127. The van der Waals surface area contributed by atoms with Crippen LogP contribution < -0.4 is 5.32 Å². The molecule has 1 aromatic rings. The summed E-state index contributed by atoms with van der Waals surface area (Å²) in [5.74, 6) is -4.02. The minimum Gasteiger partial charge on any atom is -0.459 e. The minimum atomic E-state index is -5.16. The third kappa shape index (κ3) is 7.12. The Morgan fingerprint density at radius 1 is 1.13 bits per heavy atom. The van der Waals surface area contributed by atoms with Gasteiger partial charge in [0, 0.05) is 14.3 Å². The van der Waals surface area contributed by atoms with Crippen LogP contribution >= 0.6 is 90.4 Å². The fourth-order valence-electron chi connectivity index (χ4n) is 2.10. The molecule has 1 saturated heterocycles. The molecule has 1 fully saturated rings. The fraction of sp³-hybridized carbons (Fsp3) is 0.429. The molecule has 1 amide bonds. The lowest BCUT2D eigenvalue weighted by Gasteiger charge is -2.22. The predicted octanol–water partition coefficient (Wildman–Crippen LogP) is 3.21. The van der Waals surface area contributed by atoms with Crippen LogP contribution in [-0.2, 0) is 19.6 Å². The zero-order valence-electron chi connectivity index (χ0n) is 14.2. The van der Waals surface area contributed by atoms with E-state index in [2.05, 4.69) is 0 Å². The van der Waals surface area contributed by atoms with Crippen molar-refractivity contribution in [1.82, 2.24) is 5.32 Å². The third-order valence-corrected chi connectivity index (χ3v) is 11.7. The summed E-state index contributed by atoms with van der Waals surface area (Å²) in [6, 6.07) is -2.88. The van der Waals surface area contributed by atoms with Gasteiger partial charge in [0.2, 0.25) is 0 Å². The van der Waals surface area contributed by atoms with E-state index in [0.717, 1.165) is 0 Å². The van der Waals surface area contributed by atoms with Gasteiger partial charge in [0.15, 0.2) is 0 Å². The van der Waals surface area contributed by atoms with E-state index in [1.807, 2.05) is 45.2 Å². The number of ether oxygens (including phenoxy) is 2. The first-order chi connectivity index (χ1) is 13.6. The number of carbonyl (C=O) groups excluding carboxylic acids is 2. The zero-order valence-corrected chi connectivity index (χ0v) is 23.7. The molecule has 2 atom stereocenters. The summed E-state index contributed by atoms with van der Waals surface area (Å²) < 4.78 is 82.1. The van der Waals surface area contributed by atoms with E-state index in [4.69, 9.17) is 14.0 Å². The van der Waals surface area contributed by atoms with E-state index in [1.165, 1.54) is 0 Å². The van der Waals surface area contributed by atoms with Crippen LogP contribution in [-0.4, -0.2) is 62.1 Å². The van der Waals surface area contributed by atoms with E-state index in [-0.39, 0.29) is 27.4 Å². The maximum Gasteiger partial charge on any atom is 0.409 e. The highest BCUT2D eigenvalue weighted by Crippen LogP contribution is 2.34. The van der Waals surface area contributed by atoms with Gasteiger partial charge in [0.25, 0.3) is 16.0 Å². The number of nitrogens with one attached hydrogen (secondary N) is 1. The molecule has 16 heteroatoms. The monoisotopic (exact) mass is 901 g/mol. The van der Waals surface area contributed by atoms with Crippen LogP contribution in [0.15, 0.2) is 0 Å². The van der Waals surface area contributed by atoms with Gasteiger partial charge in [0.1, 0.15) is 24.5 Å². The molecule has 1 aromatic carbocycles. The van der Waals surface area contributed by atoms with Crippen LogP contribution in [0.5, 0.6) is 0 Å². The number of carbonyl (C=O) groups is 2. The molecule has 0 bridgehead atoms. The summed E-state index contributed by atoms with van der Waals surface area (Å²) in [6.45, 7) is 0.325. The van der Waals surface area contributed by atoms with Crippen molar-refractivity contribution in [2.24, 2.45) is 0 Å². The van der Waals surface area contributed by atoms with Gasteiger partial charge in [-0.15, -0.1) is 0 Å². The van der Waals surface area contributed by atoms with E-state index in [1.54, 1.807) is 50.5 Å². The molecule has 1 aliphatic heterocycles. The number of esters is 1. The number of epoxide rings is 1. The molecule has 8 nitrogen and oxygen atoms in total. The number of rotatable bonds is 7. The Morgan fingerprint density at radius 2 is 1.63 bits per heavy atom. The molecule has 2 unspecified atom stereocenters. The maximum absolute atomic E-state index is 13.2. The molecule has 168 valence electrons. The predicted molar refractivity (Wildman–Crippen MR) is 131 cm³/mol. The Morgan fingerprint density at radius 3 is 2.07 bits per heavy atom. The van der Waals surface area contributed by atoms with Crippen molar-refractivity contribution in [3.8, 4) is 0 Å². The molecule has 0 aliphatic carbocycles. The quantitative estimate of drug-likeness (QED) is 0.108. The van der Waals surface area contributed by atoms with Gasteiger partial charge in [0.05, 0.1) is 17.7 Å². The molecule has 1 aliphatic rings. The molecular weight excluding hydrogens is 891 g/mol. The summed E-state index contributed by atoms with van der Waals surface area (Å²) in [6.07, 6.45) is -5.43. The number of hydrogen-bond donors (Lipinski definition) is 2. The molecule has 0 radical (unpaired) electrons. The number of halogens is 7. The normalized spacial score (nSPS) is 17.4. The van der Waals surface area contributed by atoms with Crippen molar-refractivity contribution in [2.75, 3.05) is 19.0 Å². The number of benzene rings is 1. The van der Waals surface area contributed by atoms with Gasteiger partial charge in [-0.2, -0.15) is 21.6 Å². The van der Waals surface area contributed by atoms with Crippen molar-refractivity contribution >= 4 is 112 Å². The van der Waals surface area contributed by atoms with Crippen molar-refractivity contribution < 1.29 is 45.2 Å². The smallest absolute Gasteiger partial charge is 0.409 e. The van der Waals surface area contributed by atoms with Crippen LogP contribution in [0.2, 0.25) is 0 Å². The lowest BCUT2D eigenvalue weighted by atomic mass is 10.1. The summed E-state index contributed by atoms with van der Waals surface area (Å²) >= 11 is 7.30. The van der Waals surface area contributed by atoms with Gasteiger partial charge < -0.3 is 14.8 Å². The number of alkyl halides is 3. The molecule has 2 rings (SSSR count). The molecule has 0 aromatic heterocycles. The summed E-state index contributed by atoms with van der Waals surface area (Å²) in [5, 5.41) is 1.57. The Bertz CT molecular complexity index is 983. The number of hydrogen-bond acceptors (Lipinski definition) is 6. The summed E-state index contributed by atoms with van der Waals surface area (Å²) in [4.78, 5) is 25.4. The Balaban J connectivity index is 2.49. The molecule has 0 saturated carbocycles. The Hall–Kier alpha value is 0.740. The van der Waals surface area contributed by atoms with Crippen LogP contribution in [0.1, 0.15) is 20.7 Å². The second-order valence-corrected chi connectivity index (χ2v) is 11.7. The third-order valence-electron chi connectivity index (χ3n) is 3.58. The highest BCUT2D eigenvalue weighted by molar-refractivity contribution is 14.1. The lowest BCUT2D eigenvalue weighted by Crippen LogP contribution is -2.50. The van der Waals surface area contributed by atoms with Crippen molar-refractivity contribution in [3.05, 3.63) is 25.4 Å². The van der Waals surface area contributed by atoms with Crippen molar-refractivity contribution in [1.29, 1.82) is 0 Å². The fourth-order valence-corrected chi connectivity index (χ4v) is 6.45. The molecule has 0 spiro atoms. The van der Waals surface area contributed by atoms with Gasteiger partial charge in [-0.25, -0.2) is 4.79 Å². The van der Waals surface area contributed by atoms with Gasteiger partial charge >= 0.3 is 12.1 Å². The van der Waals surface area contributed by atoms with Crippen LogP contribution in [0.3, 0.4) is 0 Å². The summed E-state index contributed by atoms with van der Waals surface area (Å²) in [5.41, 5.74) is -0.619. The maximum atomic E-state index is 13.2. The molecule has 30 heavy (non-hydrogen) atoms. The molecule has 2 N–H and O–H groups in total. The van der Waals surface area contributed by atoms with Crippen LogP contribution in [0, 0.1) is 14.3 Å². The lowest BCUT2D eigenvalue weighted by molar-refractivity contribution is -0.148. The Labute approximate surface area is 223 Å². The standard InChI is InChI=1S/C14H10F3I4NO7S/c15-14(16,17)5(3-30(25,26)27)22-12(23)6-7(13(24)29-2-4-1-28-4)9(19)11(21)10(20)8(6)18/h4-5H,1-3H2,(H,22,23)(H,25,26,27). The van der Waals surface area contributed by atoms with E-state index in [0.29, 0.717) is 17.3 Å². The van der Waals surface area contributed by atoms with Crippen molar-refractivity contribution in [2.45, 2.75) is 18.3 Å². The topological polar surface area (TPSA) is 122 Å². The van der Waals surface area contributed by atoms with E-state index in [9.17, 15) is 31.2 Å². The average molecular weight is 901 g/mol. The highest BCUT2D eigenvalue weighted by Gasteiger charge is 2.44. The minimum absolute atomic E-state index is 0.0803. The van der Waals surface area contributed by atoms with Gasteiger partial charge in [-0.1, -0.05) is 0 Å².